The van der Waals surface area contributed by atoms with Gasteiger partial charge in [0.2, 0.25) is 5.91 Å². The maximum absolute atomic E-state index is 11.9. The van der Waals surface area contributed by atoms with E-state index in [9.17, 15) is 14.7 Å². The van der Waals surface area contributed by atoms with Gasteiger partial charge in [0, 0.05) is 18.8 Å². The first-order valence-corrected chi connectivity index (χ1v) is 7.80. The number of carbonyl (C=O) groups excluding carboxylic acids is 2. The van der Waals surface area contributed by atoms with Gasteiger partial charge in [-0.1, -0.05) is 18.2 Å². The van der Waals surface area contributed by atoms with Gasteiger partial charge in [-0.15, -0.1) is 11.3 Å². The molecule has 0 aliphatic heterocycles. The van der Waals surface area contributed by atoms with E-state index in [1.165, 1.54) is 12.3 Å². The van der Waals surface area contributed by atoms with Gasteiger partial charge in [0.25, 0.3) is 5.91 Å². The summed E-state index contributed by atoms with van der Waals surface area (Å²) in [5, 5.41) is 16.8. The highest BCUT2D eigenvalue weighted by Gasteiger charge is 2.13. The minimum Gasteiger partial charge on any atom is -0.491 e. The fourth-order valence-electron chi connectivity index (χ4n) is 1.66. The molecule has 0 aliphatic rings. The monoisotopic (exact) mass is 335 g/mol. The molecule has 0 saturated heterocycles. The molecule has 0 radical (unpaired) electrons. The van der Waals surface area contributed by atoms with Crippen molar-refractivity contribution in [3.05, 3.63) is 41.4 Å². The fourth-order valence-corrected chi connectivity index (χ4v) is 2.39. The summed E-state index contributed by atoms with van der Waals surface area (Å²) >= 11 is 1.16. The van der Waals surface area contributed by atoms with Crippen LogP contribution in [-0.4, -0.2) is 41.2 Å². The number of rotatable bonds is 7. The van der Waals surface area contributed by atoms with E-state index >= 15 is 0 Å². The van der Waals surface area contributed by atoms with Gasteiger partial charge < -0.3 is 20.5 Å². The van der Waals surface area contributed by atoms with E-state index in [4.69, 9.17) is 4.74 Å². The lowest BCUT2D eigenvalue weighted by molar-refractivity contribution is -0.114. The molecule has 0 aliphatic carbocycles. The normalized spacial score (nSPS) is 11.6. The molecule has 1 aromatic carbocycles. The molecule has 0 bridgehead atoms. The SMILES string of the molecule is CC(=O)Nc1nc(C(=O)NC[C@H](O)COc2ccccc2)cs1. The molecular formula is C15H17N3O4S. The van der Waals surface area contributed by atoms with Crippen LogP contribution >= 0.6 is 11.3 Å². The van der Waals surface area contributed by atoms with Crippen molar-refractivity contribution in [3.8, 4) is 5.75 Å². The number of nitrogens with zero attached hydrogens (tertiary/aromatic N) is 1. The molecule has 1 aromatic heterocycles. The van der Waals surface area contributed by atoms with Crippen LogP contribution in [0.4, 0.5) is 5.13 Å². The van der Waals surface area contributed by atoms with Crippen LogP contribution in [0.15, 0.2) is 35.7 Å². The molecular weight excluding hydrogens is 318 g/mol. The van der Waals surface area contributed by atoms with E-state index < -0.39 is 12.0 Å². The number of para-hydroxylation sites is 1. The number of aliphatic hydroxyl groups is 1. The van der Waals surface area contributed by atoms with Crippen LogP contribution < -0.4 is 15.4 Å². The molecule has 2 amide bonds. The lowest BCUT2D eigenvalue weighted by Gasteiger charge is -2.12. The summed E-state index contributed by atoms with van der Waals surface area (Å²) in [7, 11) is 0. The Morgan fingerprint density at radius 1 is 1.35 bits per heavy atom. The third-order valence-electron chi connectivity index (χ3n) is 2.70. The Kier molecular flexibility index (Phi) is 6.07. The summed E-state index contributed by atoms with van der Waals surface area (Å²) in [6.45, 7) is 1.47. The molecule has 122 valence electrons. The summed E-state index contributed by atoms with van der Waals surface area (Å²) in [4.78, 5) is 26.8. The topological polar surface area (TPSA) is 101 Å². The van der Waals surface area contributed by atoms with Crippen molar-refractivity contribution in [3.63, 3.8) is 0 Å². The van der Waals surface area contributed by atoms with E-state index in [0.29, 0.717) is 10.9 Å². The number of aromatic nitrogens is 1. The fraction of sp³-hybridized carbons (Fsp3) is 0.267. The Balaban J connectivity index is 1.75. The smallest absolute Gasteiger partial charge is 0.270 e. The van der Waals surface area contributed by atoms with Gasteiger partial charge in [0.15, 0.2) is 5.13 Å². The van der Waals surface area contributed by atoms with Crippen LogP contribution in [0.5, 0.6) is 5.75 Å². The minimum atomic E-state index is -0.840. The number of hydrogen-bond acceptors (Lipinski definition) is 6. The van der Waals surface area contributed by atoms with Crippen LogP contribution in [0.2, 0.25) is 0 Å². The van der Waals surface area contributed by atoms with Gasteiger partial charge in [-0.05, 0) is 12.1 Å². The Morgan fingerprint density at radius 2 is 2.09 bits per heavy atom. The Hall–Kier alpha value is -2.45. The number of carbonyl (C=O) groups is 2. The predicted octanol–water partition coefficient (Wildman–Crippen LogP) is 1.27. The van der Waals surface area contributed by atoms with Crippen molar-refractivity contribution >= 4 is 28.3 Å². The van der Waals surface area contributed by atoms with Crippen molar-refractivity contribution in [2.75, 3.05) is 18.5 Å². The summed E-state index contributed by atoms with van der Waals surface area (Å²) in [5.41, 5.74) is 0.190. The van der Waals surface area contributed by atoms with E-state index in [2.05, 4.69) is 15.6 Å². The first-order chi connectivity index (χ1) is 11.0. The largest absolute Gasteiger partial charge is 0.491 e. The number of aliphatic hydroxyl groups excluding tert-OH is 1. The number of ether oxygens (including phenoxy) is 1. The molecule has 2 rings (SSSR count). The maximum Gasteiger partial charge on any atom is 0.270 e. The second-order valence-electron chi connectivity index (χ2n) is 4.71. The standard InChI is InChI=1S/C15H17N3O4S/c1-10(19)17-15-18-13(9-23-15)14(21)16-7-11(20)8-22-12-5-3-2-4-6-12/h2-6,9,11,20H,7-8H2,1H3,(H,16,21)(H,17,18,19)/t11-/m0/s1. The third kappa shape index (κ3) is 5.68. The molecule has 2 aromatic rings. The molecule has 1 atom stereocenters. The molecule has 7 nitrogen and oxygen atoms in total. The highest BCUT2D eigenvalue weighted by atomic mass is 32.1. The van der Waals surface area contributed by atoms with Crippen molar-refractivity contribution < 1.29 is 19.4 Å². The van der Waals surface area contributed by atoms with Gasteiger partial charge >= 0.3 is 0 Å². The second-order valence-corrected chi connectivity index (χ2v) is 5.57. The van der Waals surface area contributed by atoms with Crippen molar-refractivity contribution in [2.24, 2.45) is 0 Å². The van der Waals surface area contributed by atoms with Crippen LogP contribution in [-0.2, 0) is 4.79 Å². The quantitative estimate of drug-likeness (QED) is 0.707. The molecule has 0 fully saturated rings. The van der Waals surface area contributed by atoms with Crippen LogP contribution in [0.1, 0.15) is 17.4 Å². The number of benzene rings is 1. The number of thiazole rings is 1. The minimum absolute atomic E-state index is 0.0403. The van der Waals surface area contributed by atoms with Crippen LogP contribution in [0, 0.1) is 0 Å². The number of hydrogen-bond donors (Lipinski definition) is 3. The zero-order valence-electron chi connectivity index (χ0n) is 12.5. The van der Waals surface area contributed by atoms with E-state index in [1.807, 2.05) is 18.2 Å². The Bertz CT molecular complexity index is 660. The van der Waals surface area contributed by atoms with Crippen LogP contribution in [0.25, 0.3) is 0 Å². The van der Waals surface area contributed by atoms with Gasteiger partial charge in [-0.2, -0.15) is 0 Å². The van der Waals surface area contributed by atoms with Crippen molar-refractivity contribution in [1.82, 2.24) is 10.3 Å². The van der Waals surface area contributed by atoms with Crippen LogP contribution in [0.3, 0.4) is 0 Å². The number of nitrogens with one attached hydrogen (secondary N) is 2. The van der Waals surface area contributed by atoms with Crippen molar-refractivity contribution in [2.45, 2.75) is 13.0 Å². The highest BCUT2D eigenvalue weighted by Crippen LogP contribution is 2.15. The van der Waals surface area contributed by atoms with Crippen molar-refractivity contribution in [1.29, 1.82) is 0 Å². The van der Waals surface area contributed by atoms with Gasteiger partial charge in [-0.25, -0.2) is 4.98 Å². The second kappa shape index (κ2) is 8.25. The lowest BCUT2D eigenvalue weighted by atomic mass is 10.3. The molecule has 3 N–H and O–H groups in total. The summed E-state index contributed by atoms with van der Waals surface area (Å²) < 4.78 is 5.39. The first-order valence-electron chi connectivity index (χ1n) is 6.92. The zero-order valence-corrected chi connectivity index (χ0v) is 13.3. The Morgan fingerprint density at radius 3 is 2.78 bits per heavy atom. The number of anilines is 1. The maximum atomic E-state index is 11.9. The van der Waals surface area contributed by atoms with E-state index in [-0.39, 0.29) is 24.8 Å². The number of amides is 2. The van der Waals surface area contributed by atoms with Gasteiger partial charge in [0.05, 0.1) is 0 Å². The van der Waals surface area contributed by atoms with E-state index in [0.717, 1.165) is 11.3 Å². The Labute approximate surface area is 137 Å². The summed E-state index contributed by atoms with van der Waals surface area (Å²) in [6, 6.07) is 9.09. The lowest BCUT2D eigenvalue weighted by Crippen LogP contribution is -2.35. The average molecular weight is 335 g/mol. The predicted molar refractivity (Wildman–Crippen MR) is 86.7 cm³/mol. The van der Waals surface area contributed by atoms with E-state index in [1.54, 1.807) is 12.1 Å². The van der Waals surface area contributed by atoms with Gasteiger partial charge in [-0.3, -0.25) is 9.59 Å². The molecule has 23 heavy (non-hydrogen) atoms. The first kappa shape index (κ1) is 16.9. The molecule has 0 saturated carbocycles. The molecule has 0 spiro atoms. The zero-order chi connectivity index (χ0) is 16.7. The highest BCUT2D eigenvalue weighted by molar-refractivity contribution is 7.14. The summed E-state index contributed by atoms with van der Waals surface area (Å²) in [5.74, 6) is -0.0197. The molecule has 8 heteroatoms. The summed E-state index contributed by atoms with van der Waals surface area (Å²) in [6.07, 6.45) is -0.840. The molecule has 1 heterocycles. The molecule has 0 unspecified atom stereocenters. The average Bonchev–Trinajstić information content (AvgIpc) is 2.99. The van der Waals surface area contributed by atoms with Gasteiger partial charge in [0.1, 0.15) is 24.2 Å². The third-order valence-corrected chi connectivity index (χ3v) is 3.46.